The van der Waals surface area contributed by atoms with Crippen LogP contribution in [0.15, 0.2) is 48.4 Å². The van der Waals surface area contributed by atoms with E-state index in [4.69, 9.17) is 20.4 Å². The SMILES string of the molecule is CCC1C(=O)N(C)c2cnc(C3C(OC)=CC=CC3(N)C(=O)NC3(CO)CCN(C(=O)CCC4CCN(c5ccc6c(c5)C(=O)N(C5CCC(=O)NC5=O)C6=O)CC4)CC3)nc2N1C1CCCC1. The summed E-state index contributed by atoms with van der Waals surface area (Å²) in [6.45, 7) is 3.74. The number of nitrogens with two attached hydrogens (primary N) is 1. The first-order valence-electron chi connectivity index (χ1n) is 24.2. The number of amides is 7. The molecule has 1 aromatic heterocycles. The van der Waals surface area contributed by atoms with Crippen LogP contribution in [-0.2, 0) is 28.7 Å². The number of piperidine rings is 3. The van der Waals surface area contributed by atoms with Crippen LogP contribution < -0.4 is 31.1 Å². The van der Waals surface area contributed by atoms with E-state index in [1.807, 2.05) is 13.0 Å². The van der Waals surface area contributed by atoms with Crippen molar-refractivity contribution in [1.82, 2.24) is 30.4 Å². The van der Waals surface area contributed by atoms with Crippen LogP contribution in [0, 0.1) is 5.92 Å². The number of anilines is 3. The molecule has 19 nitrogen and oxygen atoms in total. The number of likely N-dealkylation sites (N-methyl/N-ethyl adjacent to an activating group) is 1. The summed E-state index contributed by atoms with van der Waals surface area (Å²) in [4.78, 5) is 111. The van der Waals surface area contributed by atoms with E-state index in [-0.39, 0.29) is 60.3 Å². The average Bonchev–Trinajstić information content (AvgIpc) is 3.97. The number of ether oxygens (including phenoxy) is 1. The second-order valence-electron chi connectivity index (χ2n) is 19.5. The number of hydrogen-bond donors (Lipinski definition) is 4. The minimum Gasteiger partial charge on any atom is -0.500 e. The molecule has 0 spiro atoms. The Morgan fingerprint density at radius 2 is 1.71 bits per heavy atom. The lowest BCUT2D eigenvalue weighted by Gasteiger charge is -2.45. The highest BCUT2D eigenvalue weighted by molar-refractivity contribution is 6.23. The highest BCUT2D eigenvalue weighted by Gasteiger charge is 2.51. The van der Waals surface area contributed by atoms with Crippen molar-refractivity contribution in [2.45, 2.75) is 126 Å². The van der Waals surface area contributed by atoms with Crippen molar-refractivity contribution in [2.75, 3.05) is 61.6 Å². The Hall–Kier alpha value is -6.21. The van der Waals surface area contributed by atoms with E-state index in [2.05, 4.69) is 20.4 Å². The van der Waals surface area contributed by atoms with E-state index in [9.17, 15) is 38.7 Å². The van der Waals surface area contributed by atoms with Crippen molar-refractivity contribution in [3.05, 3.63) is 65.3 Å². The molecular weight excluding hydrogens is 873 g/mol. The molecule has 5 aliphatic heterocycles. The Morgan fingerprint density at radius 3 is 2.38 bits per heavy atom. The number of hydrogen-bond acceptors (Lipinski definition) is 14. The van der Waals surface area contributed by atoms with Gasteiger partial charge in [-0.05, 0) is 88.0 Å². The minimum absolute atomic E-state index is 0.00740. The molecular formula is C49H62N10O9. The summed E-state index contributed by atoms with van der Waals surface area (Å²) >= 11 is 0. The molecule has 5 N–H and O–H groups in total. The largest absolute Gasteiger partial charge is 0.500 e. The summed E-state index contributed by atoms with van der Waals surface area (Å²) in [5, 5.41) is 16.2. The molecule has 6 heterocycles. The zero-order valence-corrected chi connectivity index (χ0v) is 39.1. The Labute approximate surface area is 395 Å². The number of likely N-dealkylation sites (tertiary alicyclic amines) is 1. The number of aliphatic hydroxyl groups excluding tert-OH is 1. The number of carbonyl (C=O) groups is 7. The molecule has 0 bridgehead atoms. The Morgan fingerprint density at radius 1 is 0.985 bits per heavy atom. The lowest BCUT2D eigenvalue weighted by molar-refractivity contribution is -0.137. The van der Waals surface area contributed by atoms with Crippen LogP contribution in [0.25, 0.3) is 0 Å². The lowest BCUT2D eigenvalue weighted by atomic mass is 9.77. The number of imide groups is 2. The van der Waals surface area contributed by atoms with Crippen molar-refractivity contribution in [3.63, 3.8) is 0 Å². The fraction of sp³-hybridized carbons (Fsp3) is 0.571. The normalized spacial score (nSPS) is 26.5. The number of nitrogens with one attached hydrogen (secondary N) is 2. The highest BCUT2D eigenvalue weighted by atomic mass is 16.5. The third-order valence-corrected chi connectivity index (χ3v) is 15.6. The molecule has 2 aromatic rings. The third kappa shape index (κ3) is 8.30. The maximum Gasteiger partial charge on any atom is 0.262 e. The summed E-state index contributed by atoms with van der Waals surface area (Å²) in [5.74, 6) is -1.99. The van der Waals surface area contributed by atoms with Crippen molar-refractivity contribution in [3.8, 4) is 0 Å². The molecule has 7 aliphatic rings. The van der Waals surface area contributed by atoms with Gasteiger partial charge in [0.05, 0.1) is 36.6 Å². The van der Waals surface area contributed by atoms with Gasteiger partial charge in [-0.25, -0.2) is 9.97 Å². The van der Waals surface area contributed by atoms with E-state index in [0.717, 1.165) is 49.1 Å². The van der Waals surface area contributed by atoms with E-state index in [1.165, 1.54) is 7.11 Å². The summed E-state index contributed by atoms with van der Waals surface area (Å²) in [7, 11) is 3.25. The van der Waals surface area contributed by atoms with Gasteiger partial charge in [-0.3, -0.25) is 43.8 Å². The predicted molar refractivity (Wildman–Crippen MR) is 249 cm³/mol. The van der Waals surface area contributed by atoms with Crippen LogP contribution in [-0.4, -0.2) is 142 Å². The van der Waals surface area contributed by atoms with Crippen LogP contribution in [0.2, 0.25) is 0 Å². The van der Waals surface area contributed by atoms with Crippen molar-refractivity contribution < 1.29 is 43.4 Å². The maximum atomic E-state index is 14.6. The van der Waals surface area contributed by atoms with Crippen molar-refractivity contribution >= 4 is 58.5 Å². The number of methoxy groups -OCH3 is 1. The highest BCUT2D eigenvalue weighted by Crippen LogP contribution is 2.43. The fourth-order valence-electron chi connectivity index (χ4n) is 11.5. The smallest absolute Gasteiger partial charge is 0.262 e. The fourth-order valence-corrected chi connectivity index (χ4v) is 11.5. The quantitative estimate of drug-likeness (QED) is 0.224. The molecule has 68 heavy (non-hydrogen) atoms. The summed E-state index contributed by atoms with van der Waals surface area (Å²) in [5.41, 5.74) is 6.27. The van der Waals surface area contributed by atoms with Crippen LogP contribution >= 0.6 is 0 Å². The van der Waals surface area contributed by atoms with Gasteiger partial charge < -0.3 is 40.5 Å². The molecule has 362 valence electrons. The van der Waals surface area contributed by atoms with Gasteiger partial charge in [-0.2, -0.15) is 0 Å². The van der Waals surface area contributed by atoms with Crippen LogP contribution in [0.1, 0.15) is 123 Å². The minimum atomic E-state index is -1.71. The first-order valence-corrected chi connectivity index (χ1v) is 24.2. The number of benzene rings is 1. The molecule has 4 unspecified atom stereocenters. The molecule has 9 rings (SSSR count). The second kappa shape index (κ2) is 18.7. The predicted octanol–water partition coefficient (Wildman–Crippen LogP) is 2.43. The number of rotatable bonds is 12. The van der Waals surface area contributed by atoms with Gasteiger partial charge >= 0.3 is 0 Å². The van der Waals surface area contributed by atoms with Gasteiger partial charge in [0.25, 0.3) is 11.8 Å². The number of aromatic nitrogens is 2. The zero-order chi connectivity index (χ0) is 48.1. The van der Waals surface area contributed by atoms with Gasteiger partial charge in [-0.1, -0.05) is 31.9 Å². The second-order valence-corrected chi connectivity index (χ2v) is 19.5. The van der Waals surface area contributed by atoms with Crippen LogP contribution in [0.4, 0.5) is 17.2 Å². The maximum absolute atomic E-state index is 14.6. The topological polar surface area (TPSA) is 241 Å². The zero-order valence-electron chi connectivity index (χ0n) is 39.1. The van der Waals surface area contributed by atoms with E-state index in [1.54, 1.807) is 53.4 Å². The molecule has 0 radical (unpaired) electrons. The number of aliphatic hydroxyl groups is 1. The molecule has 3 saturated heterocycles. The molecule has 19 heteroatoms. The Bertz CT molecular complexity index is 2450. The Kier molecular flexibility index (Phi) is 12.9. The first-order chi connectivity index (χ1) is 32.7. The molecule has 2 aliphatic carbocycles. The molecule has 1 aromatic carbocycles. The van der Waals surface area contributed by atoms with Gasteiger partial charge in [0, 0.05) is 57.8 Å². The van der Waals surface area contributed by atoms with E-state index >= 15 is 0 Å². The van der Waals surface area contributed by atoms with Crippen LogP contribution in [0.5, 0.6) is 0 Å². The molecule has 4 fully saturated rings. The van der Waals surface area contributed by atoms with Gasteiger partial charge in [0.15, 0.2) is 5.82 Å². The standard InChI is InChI=1S/C49H62N10O9/c1-4-34-46(66)55(2)36-27-51-41(53-42(36)58(34)30-8-5-6-9-30)40-37(68-3)10-7-19-49(40,50)47(67)54-48(28-60)20-24-57(25-21-48)39(62)16-11-29-17-22-56(23-18-29)31-12-13-32-33(26-31)45(65)59(44(32)64)35-14-15-38(61)52-43(35)63/h7,10,12-13,19,26-27,29-30,34-35,40,60H,4-6,8-9,11,14-18,20-25,28,50H2,1-3H3,(H,54,67)(H,52,61,63). The van der Waals surface area contributed by atoms with Crippen LogP contribution in [0.3, 0.4) is 0 Å². The lowest BCUT2D eigenvalue weighted by Crippen LogP contribution is -2.66. The van der Waals surface area contributed by atoms with Crippen molar-refractivity contribution in [1.29, 1.82) is 0 Å². The molecule has 1 saturated carbocycles. The Balaban J connectivity index is 0.801. The number of fused-ring (bicyclic) bond motifs is 2. The van der Waals surface area contributed by atoms with Gasteiger partial charge in [0.1, 0.15) is 40.8 Å². The number of allylic oxidation sites excluding steroid dienone is 2. The van der Waals surface area contributed by atoms with Gasteiger partial charge in [0.2, 0.25) is 29.5 Å². The number of carbonyl (C=O) groups excluding carboxylic acids is 7. The summed E-state index contributed by atoms with van der Waals surface area (Å²) in [6, 6.07) is 3.89. The van der Waals surface area contributed by atoms with E-state index < -0.39 is 52.6 Å². The molecule has 4 atom stereocenters. The van der Waals surface area contributed by atoms with E-state index in [0.29, 0.717) is 81.5 Å². The molecule has 7 amide bonds. The average molecular weight is 935 g/mol. The summed E-state index contributed by atoms with van der Waals surface area (Å²) < 4.78 is 5.83. The van der Waals surface area contributed by atoms with Crippen molar-refractivity contribution in [2.24, 2.45) is 11.7 Å². The third-order valence-electron chi connectivity index (χ3n) is 15.6. The monoisotopic (exact) mass is 934 g/mol. The summed E-state index contributed by atoms with van der Waals surface area (Å²) in [6.07, 6.45) is 14.8. The van der Waals surface area contributed by atoms with Gasteiger partial charge in [-0.15, -0.1) is 0 Å². The first kappa shape index (κ1) is 46.9. The number of nitrogens with zero attached hydrogens (tertiary/aromatic N) is 7.